The van der Waals surface area contributed by atoms with E-state index in [-0.39, 0.29) is 17.8 Å². The van der Waals surface area contributed by atoms with Crippen molar-refractivity contribution in [2.24, 2.45) is 0 Å². The number of rotatable bonds is 6. The van der Waals surface area contributed by atoms with E-state index in [1.807, 2.05) is 27.7 Å². The highest BCUT2D eigenvalue weighted by Gasteiger charge is 2.52. The molecular weight excluding hydrogens is 387 g/mol. The van der Waals surface area contributed by atoms with Crippen molar-refractivity contribution in [3.05, 3.63) is 59.7 Å². The van der Waals surface area contributed by atoms with E-state index in [1.54, 1.807) is 30.3 Å². The Labute approximate surface area is 168 Å². The summed E-state index contributed by atoms with van der Waals surface area (Å²) in [5.41, 5.74) is -1.31. The fourth-order valence-corrected chi connectivity index (χ4v) is 2.91. The number of hydrogen-bond donors (Lipinski definition) is 0. The van der Waals surface area contributed by atoms with Crippen LogP contribution in [0.3, 0.4) is 0 Å². The van der Waals surface area contributed by atoms with Gasteiger partial charge in [0.2, 0.25) is 0 Å². The van der Waals surface area contributed by atoms with Gasteiger partial charge in [0.1, 0.15) is 12.4 Å². The van der Waals surface area contributed by atoms with E-state index in [2.05, 4.69) is 0 Å². The van der Waals surface area contributed by atoms with Gasteiger partial charge in [0.05, 0.1) is 16.8 Å². The van der Waals surface area contributed by atoms with Gasteiger partial charge in [-0.25, -0.2) is 8.78 Å². The van der Waals surface area contributed by atoms with Crippen LogP contribution < -0.4 is 10.2 Å². The number of ether oxygens (including phenoxy) is 1. The molecule has 2 aromatic carbocycles. The molecule has 8 heteroatoms. The van der Waals surface area contributed by atoms with E-state index >= 15 is 0 Å². The maximum absolute atomic E-state index is 14.3. The van der Waals surface area contributed by atoms with Crippen molar-refractivity contribution < 1.29 is 31.6 Å². The van der Waals surface area contributed by atoms with Crippen LogP contribution in [0.4, 0.5) is 17.6 Å². The summed E-state index contributed by atoms with van der Waals surface area (Å²) in [5, 5.41) is 0. The first-order valence-electron chi connectivity index (χ1n) is 9.27. The van der Waals surface area contributed by atoms with Gasteiger partial charge in [-0.05, 0) is 50.9 Å². The Morgan fingerprint density at radius 3 is 2.10 bits per heavy atom. The summed E-state index contributed by atoms with van der Waals surface area (Å²) >= 11 is 0. The summed E-state index contributed by atoms with van der Waals surface area (Å²) in [6.07, 6.45) is -3.88. The Morgan fingerprint density at radius 2 is 1.55 bits per heavy atom. The summed E-state index contributed by atoms with van der Waals surface area (Å²) in [6.45, 7) is 7.25. The van der Waals surface area contributed by atoms with Crippen molar-refractivity contribution in [1.82, 2.24) is 0 Å². The van der Waals surface area contributed by atoms with E-state index in [9.17, 15) is 17.6 Å². The van der Waals surface area contributed by atoms with Crippen LogP contribution in [-0.2, 0) is 21.8 Å². The molecule has 3 rings (SSSR count). The normalized spacial score (nSPS) is 18.3. The van der Waals surface area contributed by atoms with Gasteiger partial charge in [0.15, 0.2) is 0 Å². The Kier molecular flexibility index (Phi) is 5.71. The lowest BCUT2D eigenvalue weighted by molar-refractivity contribution is -0.136. The van der Waals surface area contributed by atoms with Crippen LogP contribution in [0.1, 0.15) is 38.8 Å². The molecule has 0 N–H and O–H groups in total. The lowest BCUT2D eigenvalue weighted by Crippen LogP contribution is -2.41. The van der Waals surface area contributed by atoms with Gasteiger partial charge in [0, 0.05) is 0 Å². The van der Waals surface area contributed by atoms with Crippen molar-refractivity contribution >= 4 is 12.6 Å². The third-order valence-electron chi connectivity index (χ3n) is 5.40. The highest BCUT2D eigenvalue weighted by Crippen LogP contribution is 2.41. The number of alkyl halides is 4. The number of benzene rings is 2. The first kappa shape index (κ1) is 21.6. The number of hydrogen-bond acceptors (Lipinski definition) is 3. The zero-order chi connectivity index (χ0) is 21.4. The fourth-order valence-electron chi connectivity index (χ4n) is 2.91. The highest BCUT2D eigenvalue weighted by molar-refractivity contribution is 6.62. The van der Waals surface area contributed by atoms with E-state index in [0.29, 0.717) is 0 Å². The molecule has 156 valence electrons. The quantitative estimate of drug-likeness (QED) is 0.500. The van der Waals surface area contributed by atoms with Crippen LogP contribution in [0.25, 0.3) is 0 Å². The molecule has 0 spiro atoms. The molecule has 0 saturated carbocycles. The van der Waals surface area contributed by atoms with E-state index < -0.39 is 36.2 Å². The van der Waals surface area contributed by atoms with Crippen LogP contribution in [0.5, 0.6) is 5.75 Å². The Balaban J connectivity index is 1.94. The van der Waals surface area contributed by atoms with Crippen molar-refractivity contribution in [3.63, 3.8) is 0 Å². The Hall–Kier alpha value is -2.06. The second-order valence-electron chi connectivity index (χ2n) is 8.04. The Bertz CT molecular complexity index is 840. The molecule has 3 nitrogen and oxygen atoms in total. The molecular formula is C21H23BF4O3. The standard InChI is InChI=1S/C21H23BF4O3/c1-19(2)20(3,4)29-22(28-19)15-10-11-17(16(12-15)21(25,26)18(23)24)27-13-14-8-6-5-7-9-14/h5-12,18H,13H2,1-4H3. The van der Waals surface area contributed by atoms with Crippen molar-refractivity contribution in [1.29, 1.82) is 0 Å². The molecule has 1 heterocycles. The van der Waals surface area contributed by atoms with Crippen LogP contribution >= 0.6 is 0 Å². The van der Waals surface area contributed by atoms with Gasteiger partial charge < -0.3 is 14.0 Å². The third kappa shape index (κ3) is 4.28. The monoisotopic (exact) mass is 410 g/mol. The summed E-state index contributed by atoms with van der Waals surface area (Å²) in [5.74, 6) is -4.69. The van der Waals surface area contributed by atoms with Crippen LogP contribution in [0.15, 0.2) is 48.5 Å². The van der Waals surface area contributed by atoms with E-state index in [0.717, 1.165) is 11.6 Å². The van der Waals surface area contributed by atoms with E-state index in [4.69, 9.17) is 14.0 Å². The van der Waals surface area contributed by atoms with Gasteiger partial charge in [-0.3, -0.25) is 0 Å². The second-order valence-corrected chi connectivity index (χ2v) is 8.04. The predicted octanol–water partition coefficient (Wildman–Crippen LogP) is 4.92. The van der Waals surface area contributed by atoms with Gasteiger partial charge in [-0.1, -0.05) is 36.4 Å². The first-order chi connectivity index (χ1) is 13.4. The van der Waals surface area contributed by atoms with Crippen molar-refractivity contribution in [3.8, 4) is 5.75 Å². The molecule has 0 radical (unpaired) electrons. The highest BCUT2D eigenvalue weighted by atomic mass is 19.3. The molecule has 0 aliphatic carbocycles. The molecule has 0 bridgehead atoms. The summed E-state index contributed by atoms with van der Waals surface area (Å²) in [4.78, 5) is 0. The molecule has 0 aromatic heterocycles. The maximum Gasteiger partial charge on any atom is 0.494 e. The predicted molar refractivity (Wildman–Crippen MR) is 103 cm³/mol. The van der Waals surface area contributed by atoms with E-state index in [1.165, 1.54) is 12.1 Å². The van der Waals surface area contributed by atoms with Crippen molar-refractivity contribution in [2.45, 2.75) is 57.9 Å². The van der Waals surface area contributed by atoms with Crippen LogP contribution in [0.2, 0.25) is 0 Å². The maximum atomic E-state index is 14.3. The second kappa shape index (κ2) is 7.65. The summed E-state index contributed by atoms with van der Waals surface area (Å²) in [6, 6.07) is 12.6. The van der Waals surface area contributed by atoms with Crippen LogP contribution in [-0.4, -0.2) is 24.7 Å². The minimum absolute atomic E-state index is 0.0248. The Morgan fingerprint density at radius 1 is 0.966 bits per heavy atom. The molecule has 0 atom stereocenters. The zero-order valence-corrected chi connectivity index (χ0v) is 16.7. The van der Waals surface area contributed by atoms with Gasteiger partial charge in [-0.2, -0.15) is 8.78 Å². The van der Waals surface area contributed by atoms with Gasteiger partial charge >= 0.3 is 19.5 Å². The summed E-state index contributed by atoms with van der Waals surface area (Å²) < 4.78 is 72.1. The average Bonchev–Trinajstić information content (AvgIpc) is 2.88. The first-order valence-corrected chi connectivity index (χ1v) is 9.27. The average molecular weight is 410 g/mol. The zero-order valence-electron chi connectivity index (χ0n) is 16.7. The summed E-state index contributed by atoms with van der Waals surface area (Å²) in [7, 11) is -0.949. The van der Waals surface area contributed by atoms with Gasteiger partial charge in [0.25, 0.3) is 0 Å². The third-order valence-corrected chi connectivity index (χ3v) is 5.40. The topological polar surface area (TPSA) is 27.7 Å². The molecule has 1 aliphatic rings. The molecule has 0 amide bonds. The molecule has 1 saturated heterocycles. The fraction of sp³-hybridized carbons (Fsp3) is 0.429. The lowest BCUT2D eigenvalue weighted by atomic mass is 9.77. The minimum Gasteiger partial charge on any atom is -0.488 e. The lowest BCUT2D eigenvalue weighted by Gasteiger charge is -2.32. The van der Waals surface area contributed by atoms with Crippen molar-refractivity contribution in [2.75, 3.05) is 0 Å². The molecule has 1 aliphatic heterocycles. The molecule has 1 fully saturated rings. The van der Waals surface area contributed by atoms with Gasteiger partial charge in [-0.15, -0.1) is 0 Å². The smallest absolute Gasteiger partial charge is 0.488 e. The SMILES string of the molecule is CC1(C)OB(c2ccc(OCc3ccccc3)c(C(F)(F)C(F)F)c2)OC1(C)C. The number of halogens is 4. The van der Waals surface area contributed by atoms with Crippen LogP contribution in [0, 0.1) is 0 Å². The molecule has 2 aromatic rings. The largest absolute Gasteiger partial charge is 0.494 e. The molecule has 0 unspecified atom stereocenters. The minimum atomic E-state index is -4.38. The molecule has 29 heavy (non-hydrogen) atoms.